The van der Waals surface area contributed by atoms with Gasteiger partial charge in [-0.15, -0.1) is 24.8 Å². The average Bonchev–Trinajstić information content (AvgIpc) is 2.80. The monoisotopic (exact) mass is 305 g/mol. The van der Waals surface area contributed by atoms with E-state index >= 15 is 0 Å². The lowest BCUT2D eigenvalue weighted by molar-refractivity contribution is -0.139. The molecule has 104 valence electrons. The van der Waals surface area contributed by atoms with E-state index in [-0.39, 0.29) is 31.4 Å². The molecule has 0 aliphatic carbocycles. The summed E-state index contributed by atoms with van der Waals surface area (Å²) in [4.78, 5) is 21.6. The Hall–Kier alpha value is -1.79. The van der Waals surface area contributed by atoms with Crippen LogP contribution in [0.1, 0.15) is 11.5 Å². The summed E-state index contributed by atoms with van der Waals surface area (Å²) >= 11 is 0. The van der Waals surface area contributed by atoms with Gasteiger partial charge in [0.15, 0.2) is 6.61 Å². The first-order valence-electron chi connectivity index (χ1n) is 5.02. The van der Waals surface area contributed by atoms with Crippen LogP contribution in [0.2, 0.25) is 0 Å². The van der Waals surface area contributed by atoms with Gasteiger partial charge in [0.25, 0.3) is 0 Å². The lowest BCUT2D eigenvalue weighted by Gasteiger charge is -2.07. The standard InChI is InChI=1S/C11H11N3O3.2ClH/c15-11(16)7-17-9-2-1-3-12-8(9)6-10-13-4-5-14-10;;/h1-5H,6-7H2,(H,13,14)(H,15,16);2*1H. The van der Waals surface area contributed by atoms with Crippen LogP contribution in [0.25, 0.3) is 0 Å². The molecule has 0 aromatic carbocycles. The van der Waals surface area contributed by atoms with Gasteiger partial charge >= 0.3 is 5.97 Å². The van der Waals surface area contributed by atoms with Gasteiger partial charge in [0, 0.05) is 18.6 Å². The quantitative estimate of drug-likeness (QED) is 0.878. The summed E-state index contributed by atoms with van der Waals surface area (Å²) in [7, 11) is 0. The number of carbonyl (C=O) groups is 1. The fourth-order valence-corrected chi connectivity index (χ4v) is 1.38. The highest BCUT2D eigenvalue weighted by Gasteiger charge is 2.08. The molecule has 2 aromatic rings. The Morgan fingerprint density at radius 2 is 2.11 bits per heavy atom. The molecule has 0 radical (unpaired) electrons. The molecule has 0 aliphatic rings. The van der Waals surface area contributed by atoms with Crippen LogP contribution in [-0.4, -0.2) is 32.6 Å². The normalized spacial score (nSPS) is 9.05. The molecule has 0 bridgehead atoms. The number of pyridine rings is 1. The van der Waals surface area contributed by atoms with Crippen molar-refractivity contribution in [3.63, 3.8) is 0 Å². The van der Waals surface area contributed by atoms with E-state index in [4.69, 9.17) is 9.84 Å². The number of rotatable bonds is 5. The van der Waals surface area contributed by atoms with Crippen molar-refractivity contribution in [1.29, 1.82) is 0 Å². The third kappa shape index (κ3) is 5.15. The number of aliphatic carboxylic acids is 1. The molecule has 0 aliphatic heterocycles. The molecule has 0 atom stereocenters. The second-order valence-corrected chi connectivity index (χ2v) is 3.34. The molecule has 0 unspecified atom stereocenters. The summed E-state index contributed by atoms with van der Waals surface area (Å²) in [5.41, 5.74) is 0.656. The fourth-order valence-electron chi connectivity index (χ4n) is 1.38. The first kappa shape index (κ1) is 17.2. The van der Waals surface area contributed by atoms with E-state index in [1.165, 1.54) is 0 Å². The molecule has 0 spiro atoms. The first-order chi connectivity index (χ1) is 8.25. The molecule has 2 heterocycles. The summed E-state index contributed by atoms with van der Waals surface area (Å²) in [6.45, 7) is -0.378. The number of nitrogens with zero attached hydrogens (tertiary/aromatic N) is 2. The van der Waals surface area contributed by atoms with Crippen LogP contribution in [0.4, 0.5) is 0 Å². The van der Waals surface area contributed by atoms with Crippen molar-refractivity contribution >= 4 is 30.8 Å². The van der Waals surface area contributed by atoms with E-state index < -0.39 is 5.97 Å². The van der Waals surface area contributed by atoms with Gasteiger partial charge in [-0.05, 0) is 12.1 Å². The zero-order valence-corrected chi connectivity index (χ0v) is 11.4. The van der Waals surface area contributed by atoms with Gasteiger partial charge in [0.05, 0.1) is 12.1 Å². The molecular weight excluding hydrogens is 293 g/mol. The van der Waals surface area contributed by atoms with Gasteiger partial charge in [0.2, 0.25) is 0 Å². The second-order valence-electron chi connectivity index (χ2n) is 3.34. The number of halogens is 2. The highest BCUT2D eigenvalue weighted by Crippen LogP contribution is 2.17. The summed E-state index contributed by atoms with van der Waals surface area (Å²) in [5, 5.41) is 8.56. The number of hydrogen-bond donors (Lipinski definition) is 2. The molecule has 0 saturated heterocycles. The van der Waals surface area contributed by atoms with Crippen LogP contribution in [0, 0.1) is 0 Å². The molecule has 2 aromatic heterocycles. The van der Waals surface area contributed by atoms with E-state index in [1.807, 2.05) is 0 Å². The SMILES string of the molecule is Cl.Cl.O=C(O)COc1cccnc1Cc1ncc[nH]1. The molecule has 6 nitrogen and oxygen atoms in total. The van der Waals surface area contributed by atoms with Gasteiger partial charge in [-0.1, -0.05) is 0 Å². The summed E-state index contributed by atoms with van der Waals surface area (Å²) in [5.74, 6) is 0.202. The zero-order chi connectivity index (χ0) is 12.1. The van der Waals surface area contributed by atoms with E-state index in [2.05, 4.69) is 15.0 Å². The molecule has 8 heteroatoms. The average molecular weight is 306 g/mol. The van der Waals surface area contributed by atoms with Crippen molar-refractivity contribution < 1.29 is 14.6 Å². The summed E-state index contributed by atoms with van der Waals surface area (Å²) in [6.07, 6.45) is 5.47. The first-order valence-corrected chi connectivity index (χ1v) is 5.02. The summed E-state index contributed by atoms with van der Waals surface area (Å²) in [6, 6.07) is 3.39. The van der Waals surface area contributed by atoms with E-state index in [0.29, 0.717) is 17.9 Å². The number of carboxylic acids is 1. The molecule has 2 rings (SSSR count). The van der Waals surface area contributed by atoms with Crippen molar-refractivity contribution in [2.45, 2.75) is 6.42 Å². The highest BCUT2D eigenvalue weighted by atomic mass is 35.5. The number of hydrogen-bond acceptors (Lipinski definition) is 4. The van der Waals surface area contributed by atoms with Crippen LogP contribution in [0.15, 0.2) is 30.7 Å². The molecule has 2 N–H and O–H groups in total. The lowest BCUT2D eigenvalue weighted by Crippen LogP contribution is -2.11. The Balaban J connectivity index is 0.00000162. The van der Waals surface area contributed by atoms with Crippen LogP contribution in [0.3, 0.4) is 0 Å². The maximum atomic E-state index is 10.4. The van der Waals surface area contributed by atoms with E-state index in [1.54, 1.807) is 30.7 Å². The van der Waals surface area contributed by atoms with Gasteiger partial charge in [-0.3, -0.25) is 4.98 Å². The predicted molar refractivity (Wildman–Crippen MR) is 73.3 cm³/mol. The Bertz CT molecular complexity index is 506. The van der Waals surface area contributed by atoms with Gasteiger partial charge in [-0.25, -0.2) is 9.78 Å². The number of H-pyrrole nitrogens is 1. The van der Waals surface area contributed by atoms with Crippen molar-refractivity contribution in [2.24, 2.45) is 0 Å². The maximum Gasteiger partial charge on any atom is 0.341 e. The molecular formula is C11H13Cl2N3O3. The highest BCUT2D eigenvalue weighted by molar-refractivity contribution is 5.85. The Kier molecular flexibility index (Phi) is 7.55. The fraction of sp³-hybridized carbons (Fsp3) is 0.182. The number of aromatic nitrogens is 3. The third-order valence-corrected chi connectivity index (χ3v) is 2.09. The van der Waals surface area contributed by atoms with Crippen LogP contribution in [-0.2, 0) is 11.2 Å². The third-order valence-electron chi connectivity index (χ3n) is 2.09. The van der Waals surface area contributed by atoms with Crippen LogP contribution >= 0.6 is 24.8 Å². The predicted octanol–water partition coefficient (Wildman–Crippen LogP) is 1.70. The Labute approximate surface area is 122 Å². The molecule has 0 amide bonds. The van der Waals surface area contributed by atoms with Crippen LogP contribution < -0.4 is 4.74 Å². The maximum absolute atomic E-state index is 10.4. The Morgan fingerprint density at radius 3 is 2.74 bits per heavy atom. The van der Waals surface area contributed by atoms with Gasteiger partial charge in [0.1, 0.15) is 11.6 Å². The van der Waals surface area contributed by atoms with Gasteiger partial charge in [-0.2, -0.15) is 0 Å². The second kappa shape index (κ2) is 8.34. The number of carboxylic acid groups (broad SMARTS) is 1. The number of imidazole rings is 1. The van der Waals surface area contributed by atoms with E-state index in [0.717, 1.165) is 5.82 Å². The minimum Gasteiger partial charge on any atom is -0.480 e. The number of ether oxygens (including phenoxy) is 1. The Morgan fingerprint density at radius 1 is 1.32 bits per heavy atom. The van der Waals surface area contributed by atoms with E-state index in [9.17, 15) is 4.79 Å². The zero-order valence-electron chi connectivity index (χ0n) is 9.78. The number of nitrogens with one attached hydrogen (secondary N) is 1. The molecule has 0 fully saturated rings. The van der Waals surface area contributed by atoms with Crippen LogP contribution in [0.5, 0.6) is 5.75 Å². The molecule has 19 heavy (non-hydrogen) atoms. The minimum absolute atomic E-state index is 0. The van der Waals surface area contributed by atoms with Gasteiger partial charge < -0.3 is 14.8 Å². The van der Waals surface area contributed by atoms with Crippen molar-refractivity contribution in [2.75, 3.05) is 6.61 Å². The topological polar surface area (TPSA) is 88.1 Å². The largest absolute Gasteiger partial charge is 0.480 e. The lowest BCUT2D eigenvalue weighted by atomic mass is 10.2. The van der Waals surface area contributed by atoms with Crippen molar-refractivity contribution in [3.8, 4) is 5.75 Å². The summed E-state index contributed by atoms with van der Waals surface area (Å²) < 4.78 is 5.14. The number of aromatic amines is 1. The minimum atomic E-state index is -1.02. The van der Waals surface area contributed by atoms with Crippen molar-refractivity contribution in [3.05, 3.63) is 42.2 Å². The smallest absolute Gasteiger partial charge is 0.341 e. The molecule has 0 saturated carbocycles. The van der Waals surface area contributed by atoms with Crippen molar-refractivity contribution in [1.82, 2.24) is 15.0 Å².